The summed E-state index contributed by atoms with van der Waals surface area (Å²) in [6, 6.07) is 2.72. The fourth-order valence-corrected chi connectivity index (χ4v) is 1.06. The van der Waals surface area contributed by atoms with E-state index in [-0.39, 0.29) is 29.4 Å². The van der Waals surface area contributed by atoms with Gasteiger partial charge in [0.1, 0.15) is 17.0 Å². The molecule has 0 amide bonds. The van der Waals surface area contributed by atoms with Gasteiger partial charge in [-0.1, -0.05) is 11.6 Å². The van der Waals surface area contributed by atoms with Crippen LogP contribution in [0.15, 0.2) is 6.07 Å². The minimum absolute atomic E-state index is 0.000793. The van der Waals surface area contributed by atoms with Crippen molar-refractivity contribution in [2.24, 2.45) is 0 Å². The first-order valence-electron chi connectivity index (χ1n) is 3.55. The smallest absolute Gasteiger partial charge is 0.147 e. The van der Waals surface area contributed by atoms with Gasteiger partial charge in [0, 0.05) is 13.0 Å². The quantitative estimate of drug-likeness (QED) is 0.732. The lowest BCUT2D eigenvalue weighted by Gasteiger charge is -2.01. The number of rotatable bonds is 2. The maximum absolute atomic E-state index is 13.0. The van der Waals surface area contributed by atoms with Crippen LogP contribution in [0.5, 0.6) is 0 Å². The Bertz CT molecular complexity index is 362. The number of aliphatic hydroxyl groups is 1. The molecule has 0 radical (unpaired) electrons. The molecule has 0 spiro atoms. The topological polar surface area (TPSA) is 56.9 Å². The van der Waals surface area contributed by atoms with E-state index in [2.05, 4.69) is 4.98 Å². The molecule has 68 valence electrons. The number of pyridine rings is 1. The summed E-state index contributed by atoms with van der Waals surface area (Å²) in [4.78, 5) is 3.64. The van der Waals surface area contributed by atoms with Gasteiger partial charge in [0.2, 0.25) is 0 Å². The second-order valence-corrected chi connectivity index (χ2v) is 2.70. The predicted octanol–water partition coefficient (Wildman–Crippen LogP) is 1.28. The van der Waals surface area contributed by atoms with Gasteiger partial charge in [-0.3, -0.25) is 0 Å². The summed E-state index contributed by atoms with van der Waals surface area (Å²) in [5.41, 5.74) is 0.0763. The Morgan fingerprint density at radius 1 is 1.69 bits per heavy atom. The number of hydrogen-bond acceptors (Lipinski definition) is 3. The second kappa shape index (κ2) is 4.17. The van der Waals surface area contributed by atoms with Crippen molar-refractivity contribution < 1.29 is 9.50 Å². The molecule has 1 heterocycles. The predicted molar refractivity (Wildman–Crippen MR) is 44.7 cm³/mol. The first-order valence-corrected chi connectivity index (χ1v) is 3.92. The van der Waals surface area contributed by atoms with Crippen molar-refractivity contribution in [2.45, 2.75) is 6.42 Å². The van der Waals surface area contributed by atoms with Gasteiger partial charge < -0.3 is 5.11 Å². The Kier molecular flexibility index (Phi) is 3.18. The van der Waals surface area contributed by atoms with E-state index < -0.39 is 5.82 Å². The van der Waals surface area contributed by atoms with E-state index in [1.807, 2.05) is 0 Å². The maximum Gasteiger partial charge on any atom is 0.147 e. The molecule has 0 atom stereocenters. The normalized spacial score (nSPS) is 9.69. The lowest BCUT2D eigenvalue weighted by atomic mass is 10.2. The van der Waals surface area contributed by atoms with Crippen molar-refractivity contribution in [1.29, 1.82) is 5.26 Å². The summed E-state index contributed by atoms with van der Waals surface area (Å²) < 4.78 is 13.0. The molecule has 0 saturated heterocycles. The molecule has 0 bridgehead atoms. The zero-order valence-corrected chi connectivity index (χ0v) is 7.35. The minimum Gasteiger partial charge on any atom is -0.396 e. The highest BCUT2D eigenvalue weighted by Crippen LogP contribution is 2.16. The molecule has 1 rings (SSSR count). The van der Waals surface area contributed by atoms with Gasteiger partial charge in [-0.15, -0.1) is 0 Å². The van der Waals surface area contributed by atoms with Gasteiger partial charge in [0.25, 0.3) is 0 Å². The number of halogens is 2. The van der Waals surface area contributed by atoms with Crippen molar-refractivity contribution >= 4 is 11.6 Å². The molecule has 3 nitrogen and oxygen atoms in total. The SMILES string of the molecule is N#Cc1cc(F)c(CCO)nc1Cl. The highest BCUT2D eigenvalue weighted by Gasteiger charge is 2.09. The molecule has 0 saturated carbocycles. The molecule has 0 aliphatic carbocycles. The molecule has 13 heavy (non-hydrogen) atoms. The van der Waals surface area contributed by atoms with Crippen LogP contribution in [0.1, 0.15) is 11.3 Å². The van der Waals surface area contributed by atoms with Crippen molar-refractivity contribution in [3.8, 4) is 6.07 Å². The molecular weight excluding hydrogens is 195 g/mol. The highest BCUT2D eigenvalue weighted by atomic mass is 35.5. The Hall–Kier alpha value is -1.18. The molecule has 0 unspecified atom stereocenters. The molecule has 5 heteroatoms. The summed E-state index contributed by atoms with van der Waals surface area (Å²) in [5.74, 6) is -0.616. The summed E-state index contributed by atoms with van der Waals surface area (Å²) in [6.07, 6.45) is 0.0945. The molecular formula is C8H6ClFN2O. The third-order valence-corrected chi connectivity index (χ3v) is 1.76. The van der Waals surface area contributed by atoms with Crippen LogP contribution in [0, 0.1) is 17.1 Å². The molecule has 0 aromatic carbocycles. The van der Waals surface area contributed by atoms with Gasteiger partial charge in [-0.25, -0.2) is 9.37 Å². The summed E-state index contributed by atoms with van der Waals surface area (Å²) in [7, 11) is 0. The van der Waals surface area contributed by atoms with E-state index in [0.29, 0.717) is 0 Å². The minimum atomic E-state index is -0.616. The van der Waals surface area contributed by atoms with Crippen molar-refractivity contribution in [2.75, 3.05) is 6.61 Å². The van der Waals surface area contributed by atoms with Crippen LogP contribution in [0.3, 0.4) is 0 Å². The largest absolute Gasteiger partial charge is 0.396 e. The third-order valence-electron chi connectivity index (χ3n) is 1.47. The monoisotopic (exact) mass is 200 g/mol. The van der Waals surface area contributed by atoms with Gasteiger partial charge in [-0.2, -0.15) is 5.26 Å². The average molecular weight is 201 g/mol. The van der Waals surface area contributed by atoms with Crippen LogP contribution in [0.2, 0.25) is 5.15 Å². The molecule has 1 N–H and O–H groups in total. The summed E-state index contributed by atoms with van der Waals surface area (Å²) in [6.45, 7) is -0.202. The van der Waals surface area contributed by atoms with E-state index in [1.54, 1.807) is 6.07 Å². The lowest BCUT2D eigenvalue weighted by Crippen LogP contribution is -2.00. The highest BCUT2D eigenvalue weighted by molar-refractivity contribution is 6.30. The lowest BCUT2D eigenvalue weighted by molar-refractivity contribution is 0.296. The van der Waals surface area contributed by atoms with Crippen molar-refractivity contribution in [3.63, 3.8) is 0 Å². The zero-order chi connectivity index (χ0) is 9.84. The molecule has 0 aliphatic heterocycles. The number of hydrogen-bond donors (Lipinski definition) is 1. The van der Waals surface area contributed by atoms with E-state index in [0.717, 1.165) is 6.07 Å². The van der Waals surface area contributed by atoms with Gasteiger partial charge in [0.15, 0.2) is 0 Å². The van der Waals surface area contributed by atoms with E-state index in [1.165, 1.54) is 0 Å². The van der Waals surface area contributed by atoms with E-state index in [9.17, 15) is 4.39 Å². The van der Waals surface area contributed by atoms with Crippen LogP contribution in [0.25, 0.3) is 0 Å². The Labute approximate surface area is 79.4 Å². The van der Waals surface area contributed by atoms with Gasteiger partial charge in [0.05, 0.1) is 11.3 Å². The number of nitriles is 1. The second-order valence-electron chi connectivity index (χ2n) is 2.34. The standard InChI is InChI=1S/C8H6ClFN2O/c9-8-5(4-11)3-6(10)7(12-8)1-2-13/h3,13H,1-2H2. The van der Waals surface area contributed by atoms with Crippen LogP contribution in [-0.2, 0) is 6.42 Å². The maximum atomic E-state index is 13.0. The summed E-state index contributed by atoms with van der Waals surface area (Å²) in [5, 5.41) is 17.0. The zero-order valence-electron chi connectivity index (χ0n) is 6.59. The Morgan fingerprint density at radius 3 is 2.92 bits per heavy atom. The average Bonchev–Trinajstić information content (AvgIpc) is 2.11. The Morgan fingerprint density at radius 2 is 2.38 bits per heavy atom. The first-order chi connectivity index (χ1) is 6.19. The van der Waals surface area contributed by atoms with E-state index >= 15 is 0 Å². The van der Waals surface area contributed by atoms with Gasteiger partial charge >= 0.3 is 0 Å². The number of aromatic nitrogens is 1. The van der Waals surface area contributed by atoms with Crippen LogP contribution < -0.4 is 0 Å². The van der Waals surface area contributed by atoms with E-state index in [4.69, 9.17) is 22.0 Å². The number of nitrogens with zero attached hydrogens (tertiary/aromatic N) is 2. The van der Waals surface area contributed by atoms with Crippen molar-refractivity contribution in [3.05, 3.63) is 28.3 Å². The fraction of sp³-hybridized carbons (Fsp3) is 0.250. The Balaban J connectivity index is 3.14. The number of aliphatic hydroxyl groups excluding tert-OH is 1. The van der Waals surface area contributed by atoms with Crippen molar-refractivity contribution in [1.82, 2.24) is 4.98 Å². The molecule has 1 aromatic rings. The third kappa shape index (κ3) is 2.14. The van der Waals surface area contributed by atoms with Gasteiger partial charge in [-0.05, 0) is 6.07 Å². The molecule has 0 fully saturated rings. The van der Waals surface area contributed by atoms with Crippen LogP contribution >= 0.6 is 11.6 Å². The molecule has 0 aliphatic rings. The van der Waals surface area contributed by atoms with Crippen LogP contribution in [0.4, 0.5) is 4.39 Å². The summed E-state index contributed by atoms with van der Waals surface area (Å²) >= 11 is 5.56. The molecule has 1 aromatic heterocycles. The first kappa shape index (κ1) is 9.90. The van der Waals surface area contributed by atoms with Crippen LogP contribution in [-0.4, -0.2) is 16.7 Å². The fourth-order valence-electron chi connectivity index (χ4n) is 0.861.